The fourth-order valence-corrected chi connectivity index (χ4v) is 3.30. The fraction of sp³-hybridized carbons (Fsp3) is 0.0800. The minimum absolute atomic E-state index is 0.169. The minimum Gasteiger partial charge on any atom is -0.489 e. The quantitative estimate of drug-likeness (QED) is 0.333. The van der Waals surface area contributed by atoms with Gasteiger partial charge in [0.15, 0.2) is 5.70 Å². The molecule has 0 atom stereocenters. The maximum atomic E-state index is 12.2. The topological polar surface area (TPSA) is 74.2 Å². The van der Waals surface area contributed by atoms with Gasteiger partial charge >= 0.3 is 11.9 Å². The van der Waals surface area contributed by atoms with Gasteiger partial charge in [0.05, 0.1) is 22.7 Å². The van der Waals surface area contributed by atoms with Gasteiger partial charge in [-0.1, -0.05) is 47.5 Å². The van der Waals surface area contributed by atoms with Crippen LogP contribution in [0.25, 0.3) is 6.08 Å². The molecule has 0 N–H and O–H groups in total. The Morgan fingerprint density at radius 3 is 2.39 bits per heavy atom. The second kappa shape index (κ2) is 9.90. The van der Waals surface area contributed by atoms with Crippen molar-refractivity contribution < 1.29 is 23.8 Å². The van der Waals surface area contributed by atoms with Crippen LogP contribution in [0.1, 0.15) is 27.0 Å². The number of hydrogen-bond acceptors (Lipinski definition) is 6. The molecule has 0 saturated heterocycles. The molecule has 3 aromatic rings. The van der Waals surface area contributed by atoms with Crippen LogP contribution in [-0.4, -0.2) is 24.9 Å². The number of esters is 2. The molecule has 1 aliphatic rings. The Kier molecular flexibility index (Phi) is 6.77. The first-order valence-corrected chi connectivity index (χ1v) is 10.6. The summed E-state index contributed by atoms with van der Waals surface area (Å²) in [6.07, 6.45) is 1.63. The van der Waals surface area contributed by atoms with E-state index in [9.17, 15) is 9.59 Å². The lowest BCUT2D eigenvalue weighted by Crippen LogP contribution is -2.05. The molecule has 166 valence electrons. The van der Waals surface area contributed by atoms with Crippen molar-refractivity contribution in [3.63, 3.8) is 0 Å². The highest BCUT2D eigenvalue weighted by Crippen LogP contribution is 2.26. The van der Waals surface area contributed by atoms with Crippen LogP contribution >= 0.6 is 23.2 Å². The number of cyclic esters (lactones) is 1. The Balaban J connectivity index is 1.41. The number of halogens is 2. The summed E-state index contributed by atoms with van der Waals surface area (Å²) in [6.45, 7) is 0.339. The van der Waals surface area contributed by atoms with Crippen LogP contribution < -0.4 is 4.74 Å². The molecule has 0 unspecified atom stereocenters. The minimum atomic E-state index is -0.549. The van der Waals surface area contributed by atoms with Crippen molar-refractivity contribution >= 4 is 47.1 Å². The molecule has 8 heteroatoms. The van der Waals surface area contributed by atoms with Gasteiger partial charge in [-0.05, 0) is 59.7 Å². The predicted molar refractivity (Wildman–Crippen MR) is 126 cm³/mol. The number of carbonyl (C=O) groups excluding carboxylic acids is 2. The summed E-state index contributed by atoms with van der Waals surface area (Å²) in [5.41, 5.74) is 2.89. The molecule has 0 amide bonds. The average Bonchev–Trinajstić information content (AvgIpc) is 3.20. The molecule has 0 aromatic heterocycles. The first-order valence-electron chi connectivity index (χ1n) is 9.81. The number of methoxy groups -OCH3 is 1. The van der Waals surface area contributed by atoms with Crippen molar-refractivity contribution in [2.45, 2.75) is 6.61 Å². The van der Waals surface area contributed by atoms with Crippen molar-refractivity contribution in [3.05, 3.63) is 105 Å². The monoisotopic (exact) mass is 481 g/mol. The van der Waals surface area contributed by atoms with Crippen molar-refractivity contribution in [2.24, 2.45) is 4.99 Å². The zero-order chi connectivity index (χ0) is 23.4. The summed E-state index contributed by atoms with van der Waals surface area (Å²) in [6, 6.07) is 19.1. The van der Waals surface area contributed by atoms with Crippen molar-refractivity contribution in [3.8, 4) is 5.75 Å². The molecule has 3 aromatic carbocycles. The third kappa shape index (κ3) is 5.42. The van der Waals surface area contributed by atoms with E-state index in [1.165, 1.54) is 7.11 Å². The van der Waals surface area contributed by atoms with Gasteiger partial charge in [0.1, 0.15) is 12.4 Å². The SMILES string of the molecule is COC(=O)c1ccc(COc2ccc(/C=C3/N=C(c4ccc(Cl)c(Cl)c4)OC3=O)cc2)cc1. The number of hydrogen-bond donors (Lipinski definition) is 0. The molecule has 0 radical (unpaired) electrons. The van der Waals surface area contributed by atoms with Crippen LogP contribution in [0.4, 0.5) is 0 Å². The third-order valence-corrected chi connectivity index (χ3v) is 5.49. The van der Waals surface area contributed by atoms with Crippen LogP contribution in [0, 0.1) is 0 Å². The largest absolute Gasteiger partial charge is 0.489 e. The van der Waals surface area contributed by atoms with Gasteiger partial charge in [-0.25, -0.2) is 14.6 Å². The summed E-state index contributed by atoms with van der Waals surface area (Å²) >= 11 is 12.0. The lowest BCUT2D eigenvalue weighted by Gasteiger charge is -2.07. The van der Waals surface area contributed by atoms with E-state index in [1.807, 2.05) is 12.1 Å². The fourth-order valence-electron chi connectivity index (χ4n) is 3.00. The summed E-state index contributed by atoms with van der Waals surface area (Å²) in [7, 11) is 1.34. The van der Waals surface area contributed by atoms with Crippen LogP contribution in [0.3, 0.4) is 0 Å². The zero-order valence-electron chi connectivity index (χ0n) is 17.4. The van der Waals surface area contributed by atoms with E-state index in [-0.39, 0.29) is 17.6 Å². The molecule has 0 bridgehead atoms. The summed E-state index contributed by atoms with van der Waals surface area (Å²) in [5, 5.41) is 0.752. The summed E-state index contributed by atoms with van der Waals surface area (Å²) in [5.74, 6) is -0.107. The van der Waals surface area contributed by atoms with Gasteiger partial charge in [0.2, 0.25) is 5.90 Å². The Hall–Kier alpha value is -3.61. The van der Waals surface area contributed by atoms with Gasteiger partial charge in [0, 0.05) is 5.56 Å². The first kappa shape index (κ1) is 22.6. The molecular weight excluding hydrogens is 465 g/mol. The average molecular weight is 482 g/mol. The number of benzene rings is 3. The maximum absolute atomic E-state index is 12.2. The van der Waals surface area contributed by atoms with Crippen LogP contribution in [0.2, 0.25) is 10.0 Å². The van der Waals surface area contributed by atoms with E-state index in [4.69, 9.17) is 32.7 Å². The lowest BCUT2D eigenvalue weighted by molar-refractivity contribution is -0.129. The molecule has 1 aliphatic heterocycles. The van der Waals surface area contributed by atoms with Gasteiger partial charge in [0.25, 0.3) is 0 Å². The van der Waals surface area contributed by atoms with Crippen LogP contribution in [0.15, 0.2) is 77.4 Å². The smallest absolute Gasteiger partial charge is 0.363 e. The van der Waals surface area contributed by atoms with Gasteiger partial charge in [-0.2, -0.15) is 0 Å². The molecule has 0 spiro atoms. The number of rotatable bonds is 6. The Bertz CT molecular complexity index is 1260. The van der Waals surface area contributed by atoms with E-state index < -0.39 is 5.97 Å². The molecule has 0 saturated carbocycles. The lowest BCUT2D eigenvalue weighted by atomic mass is 10.1. The normalized spacial score (nSPS) is 14.1. The van der Waals surface area contributed by atoms with E-state index in [2.05, 4.69) is 9.73 Å². The molecule has 4 rings (SSSR count). The molecule has 6 nitrogen and oxygen atoms in total. The Labute approximate surface area is 200 Å². The van der Waals surface area contributed by atoms with E-state index in [1.54, 1.807) is 60.7 Å². The molecular formula is C25H17Cl2NO5. The number of carbonyl (C=O) groups is 2. The standard InChI is InChI=1S/C25H17Cl2NO5/c1-31-24(29)17-6-2-16(3-7-17)14-32-19-9-4-15(5-10-19)12-22-25(30)33-23(28-22)18-8-11-20(26)21(27)13-18/h2-13H,14H2,1H3/b22-12+. The molecule has 0 aliphatic carbocycles. The highest BCUT2D eigenvalue weighted by molar-refractivity contribution is 6.42. The Morgan fingerprint density at radius 1 is 1.00 bits per heavy atom. The van der Waals surface area contributed by atoms with Crippen molar-refractivity contribution in [1.82, 2.24) is 0 Å². The number of aliphatic imine (C=N–C) groups is 1. The molecule has 0 fully saturated rings. The van der Waals surface area contributed by atoms with Gasteiger partial charge in [-0.15, -0.1) is 0 Å². The van der Waals surface area contributed by atoms with Gasteiger partial charge in [-0.3, -0.25) is 0 Å². The first-order chi connectivity index (χ1) is 15.9. The highest BCUT2D eigenvalue weighted by Gasteiger charge is 2.24. The molecule has 1 heterocycles. The summed E-state index contributed by atoms with van der Waals surface area (Å²) in [4.78, 5) is 28.0. The molecule has 33 heavy (non-hydrogen) atoms. The number of nitrogens with zero attached hydrogens (tertiary/aromatic N) is 1. The summed E-state index contributed by atoms with van der Waals surface area (Å²) < 4.78 is 15.7. The second-order valence-corrected chi connectivity index (χ2v) is 7.83. The van der Waals surface area contributed by atoms with E-state index in [0.717, 1.165) is 11.1 Å². The van der Waals surface area contributed by atoms with Crippen LogP contribution in [0.5, 0.6) is 5.75 Å². The van der Waals surface area contributed by atoms with Crippen molar-refractivity contribution in [2.75, 3.05) is 7.11 Å². The Morgan fingerprint density at radius 2 is 1.73 bits per heavy atom. The number of ether oxygens (including phenoxy) is 3. The zero-order valence-corrected chi connectivity index (χ0v) is 18.9. The highest BCUT2D eigenvalue weighted by atomic mass is 35.5. The van der Waals surface area contributed by atoms with Crippen LogP contribution in [-0.2, 0) is 20.9 Å². The third-order valence-electron chi connectivity index (χ3n) is 4.75. The van der Waals surface area contributed by atoms with Gasteiger partial charge < -0.3 is 14.2 Å². The van der Waals surface area contributed by atoms with E-state index >= 15 is 0 Å². The second-order valence-electron chi connectivity index (χ2n) is 7.01. The maximum Gasteiger partial charge on any atom is 0.363 e. The van der Waals surface area contributed by atoms with E-state index in [0.29, 0.717) is 33.5 Å². The van der Waals surface area contributed by atoms with Crippen molar-refractivity contribution in [1.29, 1.82) is 0 Å². The predicted octanol–water partition coefficient (Wildman–Crippen LogP) is 5.70.